The lowest BCUT2D eigenvalue weighted by Gasteiger charge is -2.10. The van der Waals surface area contributed by atoms with Gasteiger partial charge in [0.05, 0.1) is 31.5 Å². The van der Waals surface area contributed by atoms with Crippen LogP contribution in [0.1, 0.15) is 26.4 Å². The number of hydrazone groups is 1. The number of para-hydroxylation sites is 1. The van der Waals surface area contributed by atoms with E-state index in [2.05, 4.69) is 31.4 Å². The lowest BCUT2D eigenvalue weighted by molar-refractivity contribution is 0.0729. The van der Waals surface area contributed by atoms with Crippen LogP contribution in [0, 0.1) is 0 Å². The maximum Gasteiger partial charge on any atom is 0.343 e. The van der Waals surface area contributed by atoms with E-state index in [4.69, 9.17) is 25.8 Å². The van der Waals surface area contributed by atoms with Gasteiger partial charge < -0.3 is 19.2 Å². The maximum atomic E-state index is 13.3. The van der Waals surface area contributed by atoms with E-state index in [9.17, 15) is 9.59 Å². The van der Waals surface area contributed by atoms with E-state index in [1.54, 1.807) is 48.5 Å². The molecule has 1 heterocycles. The van der Waals surface area contributed by atoms with Crippen LogP contribution in [0.15, 0.2) is 94.5 Å². The summed E-state index contributed by atoms with van der Waals surface area (Å²) in [5, 5.41) is 5.49. The molecule has 0 aliphatic rings. The predicted molar refractivity (Wildman–Crippen MR) is 162 cm³/mol. The van der Waals surface area contributed by atoms with Crippen molar-refractivity contribution in [1.82, 2.24) is 10.4 Å². The standard InChI is InChI=1S/C31H23BrClN3O5/c1-39-20-8-5-7-19(16-20)31(38)41-25-14-13-18(15-26(25)40-2)17-34-36-30(37)29-27(21-9-3-4-12-24(21)33)22-10-6-11-23(32)28(22)35-29/h3-17,35H,1-2H3,(H,36,37). The van der Waals surface area contributed by atoms with Gasteiger partial charge in [-0.05, 0) is 70.0 Å². The van der Waals surface area contributed by atoms with Gasteiger partial charge in [0.25, 0.3) is 5.91 Å². The summed E-state index contributed by atoms with van der Waals surface area (Å²) >= 11 is 10.0. The Kier molecular flexibility index (Phi) is 8.37. The summed E-state index contributed by atoms with van der Waals surface area (Å²) in [6, 6.07) is 24.6. The van der Waals surface area contributed by atoms with E-state index < -0.39 is 11.9 Å². The van der Waals surface area contributed by atoms with E-state index in [1.165, 1.54) is 20.4 Å². The van der Waals surface area contributed by atoms with Gasteiger partial charge in [0, 0.05) is 26.0 Å². The van der Waals surface area contributed by atoms with Gasteiger partial charge >= 0.3 is 5.97 Å². The van der Waals surface area contributed by atoms with Crippen molar-refractivity contribution in [2.75, 3.05) is 14.2 Å². The Hall–Kier alpha value is -4.60. The van der Waals surface area contributed by atoms with Gasteiger partial charge in [-0.3, -0.25) is 4.79 Å². The third kappa shape index (κ3) is 5.96. The van der Waals surface area contributed by atoms with Crippen LogP contribution in [0.5, 0.6) is 17.2 Å². The molecular formula is C31H23BrClN3O5. The highest BCUT2D eigenvalue weighted by atomic mass is 79.9. The Morgan fingerprint density at radius 3 is 2.51 bits per heavy atom. The second kappa shape index (κ2) is 12.3. The molecule has 5 rings (SSSR count). The third-order valence-corrected chi connectivity index (χ3v) is 7.22. The van der Waals surface area contributed by atoms with E-state index >= 15 is 0 Å². The molecule has 2 N–H and O–H groups in total. The number of hydrogen-bond donors (Lipinski definition) is 2. The number of nitrogens with zero attached hydrogens (tertiary/aromatic N) is 1. The number of methoxy groups -OCH3 is 2. The van der Waals surface area contributed by atoms with Crippen LogP contribution in [0.25, 0.3) is 22.0 Å². The number of ether oxygens (including phenoxy) is 3. The average molecular weight is 633 g/mol. The van der Waals surface area contributed by atoms with Crippen LogP contribution in [0.3, 0.4) is 0 Å². The molecule has 0 fully saturated rings. The summed E-state index contributed by atoms with van der Waals surface area (Å²) in [4.78, 5) is 29.1. The predicted octanol–water partition coefficient (Wildman–Crippen LogP) is 7.25. The molecule has 0 saturated heterocycles. The topological polar surface area (TPSA) is 102 Å². The lowest BCUT2D eigenvalue weighted by atomic mass is 10.0. The van der Waals surface area contributed by atoms with Gasteiger partial charge in [-0.1, -0.05) is 48.0 Å². The number of benzene rings is 4. The van der Waals surface area contributed by atoms with Crippen molar-refractivity contribution in [3.05, 3.63) is 111 Å². The van der Waals surface area contributed by atoms with Gasteiger partial charge in [-0.15, -0.1) is 0 Å². The molecule has 5 aromatic rings. The Balaban J connectivity index is 1.36. The summed E-state index contributed by atoms with van der Waals surface area (Å²) in [5.74, 6) is 0.0804. The molecule has 0 aliphatic heterocycles. The van der Waals surface area contributed by atoms with Gasteiger partial charge in [0.2, 0.25) is 0 Å². The molecule has 0 spiro atoms. The number of fused-ring (bicyclic) bond motifs is 1. The minimum atomic E-state index is -0.560. The van der Waals surface area contributed by atoms with Crippen molar-refractivity contribution in [3.8, 4) is 28.4 Å². The number of aromatic nitrogens is 1. The molecule has 41 heavy (non-hydrogen) atoms. The largest absolute Gasteiger partial charge is 0.497 e. The third-order valence-electron chi connectivity index (χ3n) is 6.23. The normalized spacial score (nSPS) is 11.0. The van der Waals surface area contributed by atoms with Gasteiger partial charge in [-0.2, -0.15) is 5.10 Å². The number of amides is 1. The number of carbonyl (C=O) groups excluding carboxylic acids is 2. The summed E-state index contributed by atoms with van der Waals surface area (Å²) in [6.07, 6.45) is 1.46. The van der Waals surface area contributed by atoms with Crippen LogP contribution in [-0.4, -0.2) is 37.3 Å². The number of H-pyrrole nitrogens is 1. The SMILES string of the molecule is COc1cccc(C(=O)Oc2ccc(C=NNC(=O)c3[nH]c4c(Br)cccc4c3-c3ccccc3Cl)cc2OC)c1. The van der Waals surface area contributed by atoms with Gasteiger partial charge in [0.15, 0.2) is 11.5 Å². The Morgan fingerprint density at radius 1 is 0.927 bits per heavy atom. The highest BCUT2D eigenvalue weighted by Gasteiger charge is 2.21. The molecular weight excluding hydrogens is 610 g/mol. The smallest absolute Gasteiger partial charge is 0.343 e. The van der Waals surface area contributed by atoms with Crippen LogP contribution in [-0.2, 0) is 0 Å². The number of esters is 1. The molecule has 0 saturated carbocycles. The van der Waals surface area contributed by atoms with Crippen LogP contribution in [0.4, 0.5) is 0 Å². The van der Waals surface area contributed by atoms with E-state index in [1.807, 2.05) is 36.4 Å². The zero-order chi connectivity index (χ0) is 28.9. The van der Waals surface area contributed by atoms with Crippen LogP contribution >= 0.6 is 27.5 Å². The average Bonchev–Trinajstić information content (AvgIpc) is 3.39. The maximum absolute atomic E-state index is 13.3. The van der Waals surface area contributed by atoms with Crippen LogP contribution < -0.4 is 19.6 Å². The highest BCUT2D eigenvalue weighted by Crippen LogP contribution is 2.38. The molecule has 206 valence electrons. The van der Waals surface area contributed by atoms with E-state index in [0.29, 0.717) is 38.9 Å². The minimum Gasteiger partial charge on any atom is -0.497 e. The summed E-state index contributed by atoms with van der Waals surface area (Å²) < 4.78 is 16.9. The molecule has 0 unspecified atom stereocenters. The first-order chi connectivity index (χ1) is 19.9. The van der Waals surface area contributed by atoms with Crippen molar-refractivity contribution < 1.29 is 23.8 Å². The first kappa shape index (κ1) is 27.9. The second-order valence-electron chi connectivity index (χ2n) is 8.75. The molecule has 1 amide bonds. The first-order valence-corrected chi connectivity index (χ1v) is 13.5. The van der Waals surface area contributed by atoms with Crippen molar-refractivity contribution in [1.29, 1.82) is 0 Å². The Bertz CT molecular complexity index is 1800. The van der Waals surface area contributed by atoms with Gasteiger partial charge in [0.1, 0.15) is 11.4 Å². The van der Waals surface area contributed by atoms with E-state index in [-0.39, 0.29) is 5.75 Å². The Labute approximate surface area is 249 Å². The van der Waals surface area contributed by atoms with Crippen molar-refractivity contribution in [2.24, 2.45) is 5.10 Å². The summed E-state index contributed by atoms with van der Waals surface area (Å²) in [5.41, 5.74) is 5.98. The number of nitrogens with one attached hydrogen (secondary N) is 2. The number of hydrogen-bond acceptors (Lipinski definition) is 6. The molecule has 8 nitrogen and oxygen atoms in total. The zero-order valence-electron chi connectivity index (χ0n) is 21.9. The molecule has 0 aliphatic carbocycles. The lowest BCUT2D eigenvalue weighted by Crippen LogP contribution is -2.19. The number of halogens is 2. The fourth-order valence-corrected chi connectivity index (χ4v) is 4.97. The highest BCUT2D eigenvalue weighted by molar-refractivity contribution is 9.10. The van der Waals surface area contributed by atoms with Crippen molar-refractivity contribution in [2.45, 2.75) is 0 Å². The van der Waals surface area contributed by atoms with E-state index in [0.717, 1.165) is 20.9 Å². The molecule has 10 heteroatoms. The quantitative estimate of drug-likeness (QED) is 0.0812. The number of rotatable bonds is 8. The fraction of sp³-hybridized carbons (Fsp3) is 0.0645. The Morgan fingerprint density at radius 2 is 1.73 bits per heavy atom. The summed E-state index contributed by atoms with van der Waals surface area (Å²) in [7, 11) is 2.98. The minimum absolute atomic E-state index is 0.231. The fourth-order valence-electron chi connectivity index (χ4n) is 4.27. The number of aromatic amines is 1. The molecule has 0 bridgehead atoms. The molecule has 0 atom stereocenters. The monoisotopic (exact) mass is 631 g/mol. The second-order valence-corrected chi connectivity index (χ2v) is 10.0. The van der Waals surface area contributed by atoms with Crippen molar-refractivity contribution in [3.63, 3.8) is 0 Å². The zero-order valence-corrected chi connectivity index (χ0v) is 24.2. The molecule has 4 aromatic carbocycles. The molecule has 1 aromatic heterocycles. The van der Waals surface area contributed by atoms with Crippen molar-refractivity contribution >= 4 is 56.5 Å². The van der Waals surface area contributed by atoms with Gasteiger partial charge in [-0.25, -0.2) is 10.2 Å². The molecule has 0 radical (unpaired) electrons. The summed E-state index contributed by atoms with van der Waals surface area (Å²) in [6.45, 7) is 0. The number of carbonyl (C=O) groups is 2. The van der Waals surface area contributed by atoms with Crippen LogP contribution in [0.2, 0.25) is 5.02 Å². The first-order valence-electron chi connectivity index (χ1n) is 12.3.